The van der Waals surface area contributed by atoms with E-state index in [9.17, 15) is 9.59 Å². The molecule has 130 valence electrons. The Hall–Kier alpha value is -2.31. The number of rotatable bonds is 4. The Labute approximate surface area is 141 Å². The predicted octanol–water partition coefficient (Wildman–Crippen LogP) is 1.38. The first-order valence-corrected chi connectivity index (χ1v) is 8.24. The lowest BCUT2D eigenvalue weighted by Crippen LogP contribution is -2.40. The normalized spacial score (nSPS) is 23.0. The van der Waals surface area contributed by atoms with Crippen LogP contribution < -0.4 is 4.74 Å². The highest BCUT2D eigenvalue weighted by Crippen LogP contribution is 2.31. The van der Waals surface area contributed by atoms with Gasteiger partial charge >= 0.3 is 6.09 Å². The fraction of sp³-hybridized carbons (Fsp3) is 0.588. The minimum Gasteiger partial charge on any atom is -0.482 e. The second kappa shape index (κ2) is 6.30. The number of likely N-dealkylation sites (tertiary alicyclic amines) is 1. The minimum absolute atomic E-state index is 0.0302. The average molecular weight is 333 g/mol. The highest BCUT2D eigenvalue weighted by molar-refractivity contribution is 5.78. The topological polar surface area (TPSA) is 72.0 Å². The van der Waals surface area contributed by atoms with Crippen molar-refractivity contribution < 1.29 is 19.1 Å². The van der Waals surface area contributed by atoms with Gasteiger partial charge in [-0.05, 0) is 25.5 Å². The average Bonchev–Trinajstić information content (AvgIpc) is 3.08. The van der Waals surface area contributed by atoms with Gasteiger partial charge in [0.15, 0.2) is 12.2 Å². The quantitative estimate of drug-likeness (QED) is 0.832. The van der Waals surface area contributed by atoms with E-state index in [0.717, 1.165) is 17.8 Å². The smallest absolute Gasteiger partial charge is 0.410 e. The zero-order valence-electron chi connectivity index (χ0n) is 14.4. The summed E-state index contributed by atoms with van der Waals surface area (Å²) < 4.78 is 11.1. The van der Waals surface area contributed by atoms with Crippen LogP contribution in [0.2, 0.25) is 0 Å². The third-order valence-corrected chi connectivity index (χ3v) is 4.57. The largest absolute Gasteiger partial charge is 0.482 e. The van der Waals surface area contributed by atoms with E-state index in [0.29, 0.717) is 31.8 Å². The molecule has 3 heterocycles. The molecule has 7 heteroatoms. The van der Waals surface area contributed by atoms with Gasteiger partial charge in [0.25, 0.3) is 5.91 Å². The molecule has 0 unspecified atom stereocenters. The van der Waals surface area contributed by atoms with E-state index in [1.165, 1.54) is 0 Å². The van der Waals surface area contributed by atoms with Crippen molar-refractivity contribution >= 4 is 12.0 Å². The fourth-order valence-electron chi connectivity index (χ4n) is 3.28. The number of aryl methyl sites for hydroxylation is 2. The number of pyridine rings is 1. The van der Waals surface area contributed by atoms with Gasteiger partial charge in [-0.25, -0.2) is 4.79 Å². The number of aromatic nitrogens is 1. The maximum Gasteiger partial charge on any atom is 0.410 e. The van der Waals surface area contributed by atoms with E-state index >= 15 is 0 Å². The van der Waals surface area contributed by atoms with E-state index in [2.05, 4.69) is 4.98 Å². The molecule has 1 atom stereocenters. The van der Waals surface area contributed by atoms with Crippen molar-refractivity contribution in [2.75, 3.05) is 33.3 Å². The van der Waals surface area contributed by atoms with E-state index in [1.807, 2.05) is 26.0 Å². The summed E-state index contributed by atoms with van der Waals surface area (Å²) in [7, 11) is 1.71. The third-order valence-electron chi connectivity index (χ3n) is 4.57. The summed E-state index contributed by atoms with van der Waals surface area (Å²) in [6.07, 6.45) is 1.10. The van der Waals surface area contributed by atoms with Crippen molar-refractivity contribution in [2.24, 2.45) is 0 Å². The molecule has 2 aliphatic rings. The molecule has 7 nitrogen and oxygen atoms in total. The van der Waals surface area contributed by atoms with Crippen LogP contribution in [0, 0.1) is 6.92 Å². The van der Waals surface area contributed by atoms with Crippen LogP contribution in [0.1, 0.15) is 24.7 Å². The third kappa shape index (κ3) is 3.16. The number of hydrogen-bond acceptors (Lipinski definition) is 5. The number of nitrogens with zero attached hydrogens (tertiary/aromatic N) is 3. The maximum atomic E-state index is 12.4. The summed E-state index contributed by atoms with van der Waals surface area (Å²) in [4.78, 5) is 31.7. The first-order chi connectivity index (χ1) is 11.4. The minimum atomic E-state index is -0.554. The summed E-state index contributed by atoms with van der Waals surface area (Å²) >= 11 is 0. The maximum absolute atomic E-state index is 12.4. The molecule has 0 N–H and O–H groups in total. The number of ether oxygens (including phenoxy) is 2. The second-order valence-electron chi connectivity index (χ2n) is 6.51. The molecule has 2 amide bonds. The lowest BCUT2D eigenvalue weighted by Gasteiger charge is -2.22. The van der Waals surface area contributed by atoms with Crippen LogP contribution >= 0.6 is 0 Å². The Morgan fingerprint density at radius 2 is 2.21 bits per heavy atom. The van der Waals surface area contributed by atoms with Gasteiger partial charge in [0.1, 0.15) is 5.75 Å². The highest BCUT2D eigenvalue weighted by Gasteiger charge is 2.49. The van der Waals surface area contributed by atoms with Gasteiger partial charge in [0.2, 0.25) is 0 Å². The van der Waals surface area contributed by atoms with Gasteiger partial charge in [-0.15, -0.1) is 0 Å². The van der Waals surface area contributed by atoms with Crippen LogP contribution in [0.3, 0.4) is 0 Å². The summed E-state index contributed by atoms with van der Waals surface area (Å²) in [5.74, 6) is 0.553. The van der Waals surface area contributed by atoms with Crippen LogP contribution in [0.4, 0.5) is 4.79 Å². The first-order valence-electron chi connectivity index (χ1n) is 8.24. The Bertz CT molecular complexity index is 663. The molecule has 0 radical (unpaired) electrons. The van der Waals surface area contributed by atoms with Gasteiger partial charge in [0, 0.05) is 25.7 Å². The Kier molecular flexibility index (Phi) is 4.34. The zero-order chi connectivity index (χ0) is 17.3. The van der Waals surface area contributed by atoms with Crippen LogP contribution in [0.15, 0.2) is 12.1 Å². The van der Waals surface area contributed by atoms with E-state index in [1.54, 1.807) is 16.8 Å². The molecule has 0 bridgehead atoms. The Morgan fingerprint density at radius 1 is 1.42 bits per heavy atom. The number of carbonyl (C=O) groups excluding carboxylic acids is 2. The number of likely N-dealkylation sites (N-methyl/N-ethyl adjacent to an activating group) is 1. The number of amides is 2. The molecule has 2 saturated heterocycles. The van der Waals surface area contributed by atoms with Crippen molar-refractivity contribution in [3.63, 3.8) is 0 Å². The van der Waals surface area contributed by atoms with Gasteiger partial charge in [-0.1, -0.05) is 6.92 Å². The summed E-state index contributed by atoms with van der Waals surface area (Å²) in [6.45, 7) is 5.44. The van der Waals surface area contributed by atoms with Crippen LogP contribution in [-0.4, -0.2) is 65.7 Å². The number of carbonyl (C=O) groups is 2. The van der Waals surface area contributed by atoms with Crippen LogP contribution in [0.5, 0.6) is 5.75 Å². The summed E-state index contributed by atoms with van der Waals surface area (Å²) in [5, 5.41) is 0. The summed E-state index contributed by atoms with van der Waals surface area (Å²) in [6, 6.07) is 3.73. The molecule has 1 aromatic heterocycles. The second-order valence-corrected chi connectivity index (χ2v) is 6.51. The SMILES string of the molecule is CCc1nc(C)ccc1OCC(=O)N1CC[C@]2(CN(C)C(=O)O2)C1. The zero-order valence-corrected chi connectivity index (χ0v) is 14.4. The monoisotopic (exact) mass is 333 g/mol. The summed E-state index contributed by atoms with van der Waals surface area (Å²) in [5.41, 5.74) is 1.23. The first kappa shape index (κ1) is 16.5. The van der Waals surface area contributed by atoms with Crippen molar-refractivity contribution in [1.82, 2.24) is 14.8 Å². The lowest BCUT2D eigenvalue weighted by molar-refractivity contribution is -0.133. The van der Waals surface area contributed by atoms with Crippen molar-refractivity contribution in [3.05, 3.63) is 23.5 Å². The molecule has 3 rings (SSSR count). The number of hydrogen-bond donors (Lipinski definition) is 0. The van der Waals surface area contributed by atoms with Gasteiger partial charge in [-0.2, -0.15) is 0 Å². The van der Waals surface area contributed by atoms with Crippen molar-refractivity contribution in [3.8, 4) is 5.75 Å². The van der Waals surface area contributed by atoms with Gasteiger partial charge in [-0.3, -0.25) is 9.78 Å². The molecule has 2 fully saturated rings. The fourth-order valence-corrected chi connectivity index (χ4v) is 3.28. The van der Waals surface area contributed by atoms with Gasteiger partial charge in [0.05, 0.1) is 18.8 Å². The molecule has 24 heavy (non-hydrogen) atoms. The lowest BCUT2D eigenvalue weighted by atomic mass is 10.0. The van der Waals surface area contributed by atoms with Gasteiger partial charge < -0.3 is 19.3 Å². The predicted molar refractivity (Wildman–Crippen MR) is 86.9 cm³/mol. The standard InChI is InChI=1S/C17H23N3O4/c1-4-13-14(6-5-12(2)18-13)23-9-15(21)20-8-7-17(11-20)10-19(3)16(22)24-17/h5-6H,4,7-11H2,1-3H3/t17-/m0/s1. The molecule has 0 aromatic carbocycles. The molecule has 2 aliphatic heterocycles. The van der Waals surface area contributed by atoms with Crippen molar-refractivity contribution in [2.45, 2.75) is 32.3 Å². The molecule has 1 spiro atoms. The Morgan fingerprint density at radius 3 is 2.88 bits per heavy atom. The van der Waals surface area contributed by atoms with Crippen LogP contribution in [0.25, 0.3) is 0 Å². The Balaban J connectivity index is 1.58. The van der Waals surface area contributed by atoms with E-state index in [-0.39, 0.29) is 18.6 Å². The van der Waals surface area contributed by atoms with Crippen LogP contribution in [-0.2, 0) is 16.0 Å². The highest BCUT2D eigenvalue weighted by atomic mass is 16.6. The molecule has 0 saturated carbocycles. The van der Waals surface area contributed by atoms with E-state index < -0.39 is 5.60 Å². The molecular weight excluding hydrogens is 310 g/mol. The van der Waals surface area contributed by atoms with Crippen molar-refractivity contribution in [1.29, 1.82) is 0 Å². The molecule has 0 aliphatic carbocycles. The van der Waals surface area contributed by atoms with E-state index in [4.69, 9.17) is 9.47 Å². The molecular formula is C17H23N3O4. The molecule has 1 aromatic rings.